The quantitative estimate of drug-likeness (QED) is 0.593. The normalized spacial score (nSPS) is 30.7. The molecule has 0 aliphatic heterocycles. The maximum absolute atomic E-state index is 12.2. The summed E-state index contributed by atoms with van der Waals surface area (Å²) in [4.78, 5) is 0. The monoisotopic (exact) mass is 340 g/mol. The highest BCUT2D eigenvalue weighted by molar-refractivity contribution is 5.30. The maximum atomic E-state index is 12.2. The van der Waals surface area contributed by atoms with Gasteiger partial charge in [-0.3, -0.25) is 0 Å². The highest BCUT2D eigenvalue weighted by Crippen LogP contribution is 2.48. The van der Waals surface area contributed by atoms with Gasteiger partial charge in [0.25, 0.3) is 0 Å². The van der Waals surface area contributed by atoms with Crippen molar-refractivity contribution >= 4 is 0 Å². The molecule has 0 spiro atoms. The summed E-state index contributed by atoms with van der Waals surface area (Å²) in [6, 6.07) is 6.53. The van der Waals surface area contributed by atoms with Crippen LogP contribution >= 0.6 is 0 Å². The first-order valence-electron chi connectivity index (χ1n) is 9.30. The highest BCUT2D eigenvalue weighted by Gasteiger charge is 2.36. The van der Waals surface area contributed by atoms with Crippen LogP contribution in [0.5, 0.6) is 5.75 Å². The van der Waals surface area contributed by atoms with Gasteiger partial charge in [0.05, 0.1) is 0 Å². The third-order valence-electron chi connectivity index (χ3n) is 6.00. The fourth-order valence-electron chi connectivity index (χ4n) is 4.90. The molecule has 2 aliphatic rings. The van der Waals surface area contributed by atoms with Gasteiger partial charge in [0, 0.05) is 0 Å². The fourth-order valence-corrected chi connectivity index (χ4v) is 4.90. The van der Waals surface area contributed by atoms with Crippen LogP contribution in [0.15, 0.2) is 24.3 Å². The summed E-state index contributed by atoms with van der Waals surface area (Å²) in [6.07, 6.45) is 5.77. The summed E-state index contributed by atoms with van der Waals surface area (Å²) in [5.41, 5.74) is 1.17. The minimum atomic E-state index is -4.61. The second-order valence-corrected chi connectivity index (χ2v) is 7.61. The number of benzene rings is 1. The lowest BCUT2D eigenvalue weighted by atomic mass is 9.63. The third-order valence-corrected chi connectivity index (χ3v) is 6.00. The highest BCUT2D eigenvalue weighted by atomic mass is 19.4. The molecule has 4 heteroatoms. The van der Waals surface area contributed by atoms with Crippen molar-refractivity contribution in [3.63, 3.8) is 0 Å². The van der Waals surface area contributed by atoms with E-state index in [9.17, 15) is 13.2 Å². The van der Waals surface area contributed by atoms with Crippen LogP contribution in [0.3, 0.4) is 0 Å². The molecular formula is C20H27F3O. The molecule has 0 amide bonds. The van der Waals surface area contributed by atoms with Gasteiger partial charge in [-0.15, -0.1) is 13.2 Å². The molecule has 1 aromatic rings. The third kappa shape index (κ3) is 4.46. The van der Waals surface area contributed by atoms with E-state index < -0.39 is 6.36 Å². The summed E-state index contributed by atoms with van der Waals surface area (Å²) in [6.45, 7) is 2.27. The van der Waals surface area contributed by atoms with Gasteiger partial charge in [-0.1, -0.05) is 38.3 Å². The van der Waals surface area contributed by atoms with E-state index in [0.717, 1.165) is 17.8 Å². The van der Waals surface area contributed by atoms with Crippen molar-refractivity contribution in [3.8, 4) is 5.75 Å². The summed E-state index contributed by atoms with van der Waals surface area (Å²) in [5.74, 6) is 2.97. The molecule has 0 bridgehead atoms. The van der Waals surface area contributed by atoms with E-state index in [2.05, 4.69) is 11.7 Å². The predicted molar refractivity (Wildman–Crippen MR) is 88.9 cm³/mol. The summed E-state index contributed by atoms with van der Waals surface area (Å²) in [7, 11) is 0. The zero-order valence-electron chi connectivity index (χ0n) is 14.3. The molecule has 0 heterocycles. The summed E-state index contributed by atoms with van der Waals surface area (Å²) in [5, 5.41) is 0. The van der Waals surface area contributed by atoms with E-state index >= 15 is 0 Å². The lowest BCUT2D eigenvalue weighted by molar-refractivity contribution is -0.274. The molecule has 1 nitrogen and oxygen atoms in total. The number of alkyl halides is 3. The molecule has 0 radical (unpaired) electrons. The van der Waals surface area contributed by atoms with Crippen LogP contribution in [0, 0.1) is 17.8 Å². The number of ether oxygens (including phenoxy) is 1. The molecule has 3 rings (SSSR count). The molecule has 0 aromatic heterocycles. The maximum Gasteiger partial charge on any atom is 0.573 e. The van der Waals surface area contributed by atoms with Gasteiger partial charge >= 0.3 is 6.36 Å². The number of rotatable bonds is 4. The average Bonchev–Trinajstić information content (AvgIpc) is 2.54. The van der Waals surface area contributed by atoms with E-state index in [1.165, 1.54) is 69.1 Å². The minimum absolute atomic E-state index is 0.125. The molecule has 2 fully saturated rings. The van der Waals surface area contributed by atoms with Crippen molar-refractivity contribution in [2.24, 2.45) is 17.8 Å². The second kappa shape index (κ2) is 7.37. The van der Waals surface area contributed by atoms with Gasteiger partial charge in [0.1, 0.15) is 5.75 Å². The van der Waals surface area contributed by atoms with Crippen LogP contribution in [0.1, 0.15) is 69.8 Å². The van der Waals surface area contributed by atoms with Crippen LogP contribution in [0.4, 0.5) is 13.2 Å². The zero-order valence-corrected chi connectivity index (χ0v) is 14.3. The Labute approximate surface area is 142 Å². The molecule has 4 atom stereocenters. The molecule has 0 unspecified atom stereocenters. The Kier molecular flexibility index (Phi) is 5.41. The van der Waals surface area contributed by atoms with Gasteiger partial charge in [-0.25, -0.2) is 0 Å². The molecule has 0 saturated heterocycles. The van der Waals surface area contributed by atoms with Crippen molar-refractivity contribution in [1.82, 2.24) is 0 Å². The SMILES string of the molecule is CCC[C@@H]1CC[C@@H]2C[C@H](c3ccc(OC(F)(F)F)cc3)CC[C@@H]2C1. The number of fused-ring (bicyclic) bond motifs is 1. The van der Waals surface area contributed by atoms with E-state index in [-0.39, 0.29) is 5.75 Å². The first-order valence-corrected chi connectivity index (χ1v) is 9.30. The van der Waals surface area contributed by atoms with Gasteiger partial charge in [0.2, 0.25) is 0 Å². The standard InChI is InChI=1S/C20H27F3O/c1-2-3-14-4-5-18-13-17(7-6-16(18)12-14)15-8-10-19(11-9-15)24-20(21,22)23/h8-11,14,16-18H,2-7,12-13H2,1H3/t14-,16-,17-,18-/m1/s1. The van der Waals surface area contributed by atoms with E-state index in [1.807, 2.05) is 12.1 Å². The van der Waals surface area contributed by atoms with Crippen LogP contribution in [-0.4, -0.2) is 6.36 Å². The Bertz CT molecular complexity index is 523. The Balaban J connectivity index is 1.58. The smallest absolute Gasteiger partial charge is 0.406 e. The van der Waals surface area contributed by atoms with Crippen molar-refractivity contribution in [1.29, 1.82) is 0 Å². The Hall–Kier alpha value is -1.19. The zero-order chi connectivity index (χ0) is 17.2. The van der Waals surface area contributed by atoms with Crippen molar-refractivity contribution in [2.75, 3.05) is 0 Å². The Morgan fingerprint density at radius 3 is 2.29 bits per heavy atom. The molecule has 2 aliphatic carbocycles. The van der Waals surface area contributed by atoms with Crippen molar-refractivity contribution < 1.29 is 17.9 Å². The average molecular weight is 340 g/mol. The fraction of sp³-hybridized carbons (Fsp3) is 0.700. The lowest BCUT2D eigenvalue weighted by Crippen LogP contribution is -2.30. The number of hydrogen-bond acceptors (Lipinski definition) is 1. The number of halogens is 3. The lowest BCUT2D eigenvalue weighted by Gasteiger charge is -2.42. The van der Waals surface area contributed by atoms with E-state index in [4.69, 9.17) is 0 Å². The van der Waals surface area contributed by atoms with Gasteiger partial charge in [-0.05, 0) is 73.5 Å². The largest absolute Gasteiger partial charge is 0.573 e. The van der Waals surface area contributed by atoms with Gasteiger partial charge in [0.15, 0.2) is 0 Å². The van der Waals surface area contributed by atoms with Crippen LogP contribution in [0.2, 0.25) is 0 Å². The first-order chi connectivity index (χ1) is 11.4. The van der Waals surface area contributed by atoms with E-state index in [0.29, 0.717) is 5.92 Å². The molecule has 0 N–H and O–H groups in total. The minimum Gasteiger partial charge on any atom is -0.406 e. The van der Waals surface area contributed by atoms with Gasteiger partial charge in [-0.2, -0.15) is 0 Å². The van der Waals surface area contributed by atoms with Crippen LogP contribution < -0.4 is 4.74 Å². The Morgan fingerprint density at radius 1 is 0.958 bits per heavy atom. The molecule has 24 heavy (non-hydrogen) atoms. The molecule has 1 aromatic carbocycles. The molecule has 134 valence electrons. The predicted octanol–water partition coefficient (Wildman–Crippen LogP) is 6.69. The number of hydrogen-bond donors (Lipinski definition) is 0. The molecule has 2 saturated carbocycles. The molecular weight excluding hydrogens is 313 g/mol. The summed E-state index contributed by atoms with van der Waals surface area (Å²) >= 11 is 0. The van der Waals surface area contributed by atoms with Crippen LogP contribution in [-0.2, 0) is 0 Å². The van der Waals surface area contributed by atoms with Crippen molar-refractivity contribution in [2.45, 2.75) is 70.6 Å². The van der Waals surface area contributed by atoms with Crippen LogP contribution in [0.25, 0.3) is 0 Å². The van der Waals surface area contributed by atoms with Crippen molar-refractivity contribution in [3.05, 3.63) is 29.8 Å². The topological polar surface area (TPSA) is 9.23 Å². The summed E-state index contributed by atoms with van der Waals surface area (Å²) < 4.78 is 40.7. The van der Waals surface area contributed by atoms with E-state index in [1.54, 1.807) is 0 Å². The second-order valence-electron chi connectivity index (χ2n) is 7.61. The first kappa shape index (κ1) is 17.6. The Morgan fingerprint density at radius 2 is 1.62 bits per heavy atom. The van der Waals surface area contributed by atoms with Gasteiger partial charge < -0.3 is 4.74 Å².